The van der Waals surface area contributed by atoms with E-state index < -0.39 is 11.4 Å². The second-order valence-electron chi connectivity index (χ2n) is 9.47. The van der Waals surface area contributed by atoms with Gasteiger partial charge in [0.25, 0.3) is 0 Å². The molecule has 1 unspecified atom stereocenters. The van der Waals surface area contributed by atoms with Crippen molar-refractivity contribution in [1.29, 1.82) is 0 Å². The Hall–Kier alpha value is -1.66. The molecule has 0 spiro atoms. The monoisotopic (exact) mass is 404 g/mol. The highest BCUT2D eigenvalue weighted by molar-refractivity contribution is 5.78. The van der Waals surface area contributed by atoms with Gasteiger partial charge in [-0.05, 0) is 63.2 Å². The highest BCUT2D eigenvalue weighted by Crippen LogP contribution is 2.47. The van der Waals surface area contributed by atoms with E-state index >= 15 is 0 Å². The molecule has 3 fully saturated rings. The van der Waals surface area contributed by atoms with E-state index in [2.05, 4.69) is 17.1 Å². The van der Waals surface area contributed by atoms with Crippen molar-refractivity contribution in [2.24, 2.45) is 16.7 Å². The molecule has 1 aromatic rings. The number of carboxylic acid groups (broad SMARTS) is 1. The number of hydrogen-bond donors (Lipinski definition) is 2. The Balaban J connectivity index is 1.36. The summed E-state index contributed by atoms with van der Waals surface area (Å²) in [6.07, 6.45) is 5.92. The van der Waals surface area contributed by atoms with Crippen LogP contribution in [0.1, 0.15) is 45.4 Å². The average molecular weight is 405 g/mol. The van der Waals surface area contributed by atoms with Gasteiger partial charge in [-0.25, -0.2) is 4.39 Å². The fraction of sp³-hybridized carbons (Fsp3) is 0.696. The molecular weight excluding hydrogens is 371 g/mol. The van der Waals surface area contributed by atoms with E-state index in [0.717, 1.165) is 51.2 Å². The summed E-state index contributed by atoms with van der Waals surface area (Å²) in [4.78, 5) is 13.8. The van der Waals surface area contributed by atoms with Gasteiger partial charge >= 0.3 is 5.97 Å². The highest BCUT2D eigenvalue weighted by Gasteiger charge is 2.52. The minimum absolute atomic E-state index is 0.0421. The number of benzene rings is 1. The number of halogens is 1. The molecule has 1 saturated heterocycles. The van der Waals surface area contributed by atoms with E-state index in [-0.39, 0.29) is 11.2 Å². The maximum Gasteiger partial charge on any atom is 0.310 e. The minimum Gasteiger partial charge on any atom is -0.490 e. The molecule has 3 aliphatic rings. The summed E-state index contributed by atoms with van der Waals surface area (Å²) >= 11 is 0. The lowest BCUT2D eigenvalue weighted by Crippen LogP contribution is -2.50. The molecule has 0 bridgehead atoms. The summed E-state index contributed by atoms with van der Waals surface area (Å²) < 4.78 is 20.0. The number of carboxylic acids is 1. The smallest absolute Gasteiger partial charge is 0.310 e. The van der Waals surface area contributed by atoms with Crippen LogP contribution in [0.15, 0.2) is 24.3 Å². The van der Waals surface area contributed by atoms with Gasteiger partial charge in [0.2, 0.25) is 0 Å². The minimum atomic E-state index is -0.654. The van der Waals surface area contributed by atoms with E-state index in [1.807, 2.05) is 0 Å². The summed E-state index contributed by atoms with van der Waals surface area (Å²) in [7, 11) is 0. The number of hydrogen-bond acceptors (Lipinski definition) is 4. The third-order valence-corrected chi connectivity index (χ3v) is 7.31. The normalized spacial score (nSPS) is 27.4. The van der Waals surface area contributed by atoms with Crippen LogP contribution in [-0.4, -0.2) is 54.8 Å². The third-order valence-electron chi connectivity index (χ3n) is 7.31. The van der Waals surface area contributed by atoms with Crippen LogP contribution >= 0.6 is 0 Å². The molecular formula is C23H33FN2O3. The zero-order valence-corrected chi connectivity index (χ0v) is 17.3. The molecule has 0 amide bonds. The molecule has 4 rings (SSSR count). The molecule has 160 valence electrons. The first kappa shape index (κ1) is 20.6. The first-order valence-electron chi connectivity index (χ1n) is 11.0. The van der Waals surface area contributed by atoms with Gasteiger partial charge < -0.3 is 20.1 Å². The summed E-state index contributed by atoms with van der Waals surface area (Å²) in [5, 5.41) is 13.2. The Morgan fingerprint density at radius 3 is 2.59 bits per heavy atom. The Morgan fingerprint density at radius 1 is 1.28 bits per heavy atom. The first-order chi connectivity index (χ1) is 14.0. The van der Waals surface area contributed by atoms with Gasteiger partial charge in [-0.3, -0.25) is 4.79 Å². The predicted octanol–water partition coefficient (Wildman–Crippen LogP) is 3.54. The maximum absolute atomic E-state index is 14.0. The van der Waals surface area contributed by atoms with Crippen LogP contribution in [0.2, 0.25) is 0 Å². The first-order valence-corrected chi connectivity index (χ1v) is 11.0. The second-order valence-corrected chi connectivity index (χ2v) is 9.47. The number of ether oxygens (including phenoxy) is 1. The van der Waals surface area contributed by atoms with E-state index in [4.69, 9.17) is 4.74 Å². The van der Waals surface area contributed by atoms with Crippen LogP contribution in [0.25, 0.3) is 0 Å². The van der Waals surface area contributed by atoms with Crippen LogP contribution < -0.4 is 10.1 Å². The Labute approximate surface area is 172 Å². The van der Waals surface area contributed by atoms with E-state index in [9.17, 15) is 14.3 Å². The van der Waals surface area contributed by atoms with Gasteiger partial charge in [-0.15, -0.1) is 0 Å². The number of para-hydroxylation sites is 1. The lowest BCUT2D eigenvalue weighted by atomic mass is 9.78. The molecule has 1 aromatic carbocycles. The molecule has 0 radical (unpaired) electrons. The number of piperidine rings is 1. The lowest BCUT2D eigenvalue weighted by molar-refractivity contribution is -0.144. The molecule has 2 N–H and O–H groups in total. The summed E-state index contributed by atoms with van der Waals surface area (Å²) in [6, 6.07) is 7.18. The van der Waals surface area contributed by atoms with Crippen molar-refractivity contribution in [3.05, 3.63) is 30.1 Å². The average Bonchev–Trinajstić information content (AvgIpc) is 3.63. The van der Waals surface area contributed by atoms with Gasteiger partial charge in [0, 0.05) is 24.5 Å². The van der Waals surface area contributed by atoms with Crippen molar-refractivity contribution in [2.75, 3.05) is 32.8 Å². The molecule has 0 aromatic heterocycles. The molecule has 2 saturated carbocycles. The van der Waals surface area contributed by atoms with Crippen molar-refractivity contribution < 1.29 is 19.0 Å². The molecule has 29 heavy (non-hydrogen) atoms. The Kier molecular flexibility index (Phi) is 5.85. The van der Waals surface area contributed by atoms with Crippen molar-refractivity contribution in [3.63, 3.8) is 0 Å². The van der Waals surface area contributed by atoms with Crippen LogP contribution in [0.4, 0.5) is 4.39 Å². The second kappa shape index (κ2) is 8.23. The zero-order chi connectivity index (χ0) is 20.5. The van der Waals surface area contributed by atoms with Crippen molar-refractivity contribution in [1.82, 2.24) is 10.2 Å². The molecule has 6 heteroatoms. The topological polar surface area (TPSA) is 61.8 Å². The quantitative estimate of drug-likeness (QED) is 0.625. The summed E-state index contributed by atoms with van der Waals surface area (Å²) in [5.41, 5.74) is -0.552. The molecule has 1 aliphatic heterocycles. The van der Waals surface area contributed by atoms with Gasteiger partial charge in [0.1, 0.15) is 0 Å². The largest absolute Gasteiger partial charge is 0.490 e. The Bertz CT molecular complexity index is 729. The van der Waals surface area contributed by atoms with E-state index in [0.29, 0.717) is 24.9 Å². The van der Waals surface area contributed by atoms with E-state index in [1.165, 1.54) is 18.9 Å². The molecule has 5 nitrogen and oxygen atoms in total. The highest BCUT2D eigenvalue weighted by atomic mass is 19.1. The molecule has 2 aliphatic carbocycles. The Morgan fingerprint density at radius 2 is 2.00 bits per heavy atom. The number of likely N-dealkylation sites (tertiary alicyclic amines) is 1. The number of rotatable bonds is 10. The number of aliphatic carboxylic acids is 1. The van der Waals surface area contributed by atoms with Gasteiger partial charge in [-0.1, -0.05) is 25.5 Å². The fourth-order valence-corrected chi connectivity index (χ4v) is 4.67. The van der Waals surface area contributed by atoms with Crippen molar-refractivity contribution >= 4 is 5.97 Å². The maximum atomic E-state index is 14.0. The van der Waals surface area contributed by atoms with Crippen LogP contribution in [0.3, 0.4) is 0 Å². The van der Waals surface area contributed by atoms with Crippen LogP contribution in [0, 0.1) is 22.6 Å². The van der Waals surface area contributed by atoms with Gasteiger partial charge in [0.15, 0.2) is 11.6 Å². The number of nitrogens with zero attached hydrogens (tertiary/aromatic N) is 1. The number of nitrogens with one attached hydrogen (secondary N) is 1. The number of carbonyl (C=O) groups is 1. The van der Waals surface area contributed by atoms with Crippen LogP contribution in [-0.2, 0) is 4.79 Å². The lowest BCUT2D eigenvalue weighted by Gasteiger charge is -2.42. The SMILES string of the molecule is CCC1C[C@H]1NCC1(COc2ccccc2F)CCN(CC2(C(=O)O)CC2)CC1. The summed E-state index contributed by atoms with van der Waals surface area (Å²) in [5.74, 6) is 0.122. The fourth-order valence-electron chi connectivity index (χ4n) is 4.67. The van der Waals surface area contributed by atoms with Gasteiger partial charge in [0.05, 0.1) is 12.0 Å². The van der Waals surface area contributed by atoms with Crippen molar-refractivity contribution in [3.8, 4) is 5.75 Å². The van der Waals surface area contributed by atoms with Crippen LogP contribution in [0.5, 0.6) is 5.75 Å². The standard InChI is InChI=1S/C23H33FN2O3/c1-2-17-13-19(17)25-14-22(16-29-20-6-4-3-5-18(20)24)9-11-26(12-10-22)15-23(7-8-23)21(27)28/h3-6,17,19,25H,2,7-16H2,1H3,(H,27,28)/t17?,19-/m1/s1. The summed E-state index contributed by atoms with van der Waals surface area (Å²) in [6.45, 7) is 6.00. The molecule has 1 heterocycles. The molecule has 2 atom stereocenters. The van der Waals surface area contributed by atoms with Crippen molar-refractivity contribution in [2.45, 2.75) is 51.5 Å². The zero-order valence-electron chi connectivity index (χ0n) is 17.3. The van der Waals surface area contributed by atoms with Gasteiger partial charge in [-0.2, -0.15) is 0 Å². The third kappa shape index (κ3) is 4.75. The van der Waals surface area contributed by atoms with E-state index in [1.54, 1.807) is 18.2 Å². The predicted molar refractivity (Wildman–Crippen MR) is 109 cm³/mol.